The number of hydrogen-bond acceptors (Lipinski definition) is 4. The lowest BCUT2D eigenvalue weighted by atomic mass is 9.93. The van der Waals surface area contributed by atoms with Gasteiger partial charge in [-0.25, -0.2) is 0 Å². The van der Waals surface area contributed by atoms with E-state index in [2.05, 4.69) is 0 Å². The number of nitrogens with zero attached hydrogens (tertiary/aromatic N) is 1. The van der Waals surface area contributed by atoms with Crippen molar-refractivity contribution in [1.82, 2.24) is 4.90 Å². The van der Waals surface area contributed by atoms with Gasteiger partial charge in [-0.3, -0.25) is 4.79 Å². The first kappa shape index (κ1) is 15.6. The summed E-state index contributed by atoms with van der Waals surface area (Å²) in [5, 5.41) is 9.74. The van der Waals surface area contributed by atoms with Gasteiger partial charge in [-0.2, -0.15) is 0 Å². The van der Waals surface area contributed by atoms with E-state index >= 15 is 0 Å². The number of likely N-dealkylation sites (tertiary alicyclic amines) is 1. The van der Waals surface area contributed by atoms with Crippen LogP contribution < -0.4 is 9.47 Å². The van der Waals surface area contributed by atoms with Crippen molar-refractivity contribution in [3.05, 3.63) is 23.8 Å². The fourth-order valence-electron chi connectivity index (χ4n) is 2.99. The molecule has 1 heterocycles. The van der Waals surface area contributed by atoms with Gasteiger partial charge in [0.25, 0.3) is 5.91 Å². The highest BCUT2D eigenvalue weighted by Crippen LogP contribution is 2.34. The Morgan fingerprint density at radius 3 is 2.38 bits per heavy atom. The maximum absolute atomic E-state index is 12.8. The van der Waals surface area contributed by atoms with Gasteiger partial charge < -0.3 is 19.5 Å². The molecule has 1 aromatic carbocycles. The summed E-state index contributed by atoms with van der Waals surface area (Å²) >= 11 is 0. The molecule has 1 amide bonds. The van der Waals surface area contributed by atoms with Gasteiger partial charge >= 0.3 is 0 Å². The van der Waals surface area contributed by atoms with Crippen LogP contribution >= 0.6 is 0 Å². The van der Waals surface area contributed by atoms with Crippen LogP contribution in [0.25, 0.3) is 0 Å². The van der Waals surface area contributed by atoms with Crippen LogP contribution in [0.3, 0.4) is 0 Å². The number of carbonyl (C=O) groups is 1. The smallest absolute Gasteiger partial charge is 0.254 e. The molecule has 5 heteroatoms. The van der Waals surface area contributed by atoms with Crippen LogP contribution in [0.15, 0.2) is 18.2 Å². The van der Waals surface area contributed by atoms with E-state index in [1.807, 2.05) is 6.92 Å². The highest BCUT2D eigenvalue weighted by molar-refractivity contribution is 5.95. The van der Waals surface area contributed by atoms with Gasteiger partial charge in [0, 0.05) is 18.2 Å². The van der Waals surface area contributed by atoms with Gasteiger partial charge in [0.05, 0.1) is 26.4 Å². The molecule has 1 aliphatic heterocycles. The number of aliphatic hydroxyl groups is 1. The first-order valence-corrected chi connectivity index (χ1v) is 7.26. The summed E-state index contributed by atoms with van der Waals surface area (Å²) in [4.78, 5) is 14.6. The minimum atomic E-state index is -0.437. The summed E-state index contributed by atoms with van der Waals surface area (Å²) in [6, 6.07) is 5.15. The van der Waals surface area contributed by atoms with Crippen LogP contribution in [-0.2, 0) is 0 Å². The SMILES string of the molecule is CCC1(CO)CCCN1C(=O)c1cc(OC)cc(OC)c1. The maximum Gasteiger partial charge on any atom is 0.254 e. The van der Waals surface area contributed by atoms with E-state index in [9.17, 15) is 9.90 Å². The Labute approximate surface area is 125 Å². The van der Waals surface area contributed by atoms with E-state index in [0.29, 0.717) is 23.6 Å². The predicted octanol–water partition coefficient (Wildman–Crippen LogP) is 2.08. The fourth-order valence-corrected chi connectivity index (χ4v) is 2.99. The average molecular weight is 293 g/mol. The minimum absolute atomic E-state index is 0.00363. The van der Waals surface area contributed by atoms with Crippen LogP contribution in [0.4, 0.5) is 0 Å². The molecule has 1 atom stereocenters. The van der Waals surface area contributed by atoms with Crippen molar-refractivity contribution < 1.29 is 19.4 Å². The molecule has 0 aromatic heterocycles. The Hall–Kier alpha value is -1.75. The number of aliphatic hydroxyl groups excluding tert-OH is 1. The van der Waals surface area contributed by atoms with Crippen LogP contribution in [-0.4, -0.2) is 48.8 Å². The van der Waals surface area contributed by atoms with Crippen LogP contribution in [0.1, 0.15) is 36.5 Å². The van der Waals surface area contributed by atoms with Crippen LogP contribution in [0, 0.1) is 0 Å². The van der Waals surface area contributed by atoms with Crippen molar-refractivity contribution in [3.8, 4) is 11.5 Å². The standard InChI is InChI=1S/C16H23NO4/c1-4-16(11-18)6-5-7-17(16)15(19)12-8-13(20-2)10-14(9-12)21-3/h8-10,18H,4-7,11H2,1-3H3. The number of methoxy groups -OCH3 is 2. The van der Waals surface area contributed by atoms with Crippen LogP contribution in [0.2, 0.25) is 0 Å². The molecule has 0 bridgehead atoms. The van der Waals surface area contributed by atoms with Gasteiger partial charge in [-0.1, -0.05) is 6.92 Å². The van der Waals surface area contributed by atoms with E-state index in [4.69, 9.17) is 9.47 Å². The summed E-state index contributed by atoms with van der Waals surface area (Å²) in [7, 11) is 3.12. The zero-order valence-corrected chi connectivity index (χ0v) is 12.9. The third-order valence-corrected chi connectivity index (χ3v) is 4.39. The lowest BCUT2D eigenvalue weighted by molar-refractivity contribution is 0.0397. The molecule has 1 saturated heterocycles. The molecule has 0 saturated carbocycles. The molecule has 0 radical (unpaired) electrons. The zero-order chi connectivity index (χ0) is 15.5. The van der Waals surface area contributed by atoms with Crippen LogP contribution in [0.5, 0.6) is 11.5 Å². The summed E-state index contributed by atoms with van der Waals surface area (Å²) in [6.45, 7) is 2.68. The number of ether oxygens (including phenoxy) is 2. The highest BCUT2D eigenvalue weighted by Gasteiger charge is 2.42. The second-order valence-corrected chi connectivity index (χ2v) is 5.40. The van der Waals surface area contributed by atoms with E-state index in [0.717, 1.165) is 19.3 Å². The summed E-state index contributed by atoms with van der Waals surface area (Å²) in [6.07, 6.45) is 2.50. The third kappa shape index (κ3) is 2.83. The molecule has 21 heavy (non-hydrogen) atoms. The number of amides is 1. The Kier molecular flexibility index (Phi) is 4.73. The van der Waals surface area contributed by atoms with Crippen molar-refractivity contribution in [3.63, 3.8) is 0 Å². The highest BCUT2D eigenvalue weighted by atomic mass is 16.5. The minimum Gasteiger partial charge on any atom is -0.497 e. The van der Waals surface area contributed by atoms with Gasteiger partial charge in [-0.15, -0.1) is 0 Å². The van der Waals surface area contributed by atoms with Crippen molar-refractivity contribution in [2.24, 2.45) is 0 Å². The van der Waals surface area contributed by atoms with E-state index in [-0.39, 0.29) is 12.5 Å². The van der Waals surface area contributed by atoms with Gasteiger partial charge in [0.15, 0.2) is 0 Å². The first-order valence-electron chi connectivity index (χ1n) is 7.26. The Bertz CT molecular complexity index is 489. The normalized spacial score (nSPS) is 21.4. The van der Waals surface area contributed by atoms with Crippen molar-refractivity contribution in [2.75, 3.05) is 27.4 Å². The predicted molar refractivity (Wildman–Crippen MR) is 79.9 cm³/mol. The summed E-state index contributed by atoms with van der Waals surface area (Å²) in [5.74, 6) is 1.09. The second-order valence-electron chi connectivity index (χ2n) is 5.40. The lowest BCUT2D eigenvalue weighted by Crippen LogP contribution is -2.49. The number of carbonyl (C=O) groups excluding carboxylic acids is 1. The summed E-state index contributed by atoms with van der Waals surface area (Å²) < 4.78 is 10.4. The Balaban J connectivity index is 2.35. The van der Waals surface area contributed by atoms with E-state index in [1.54, 1.807) is 37.3 Å². The molecule has 2 rings (SSSR count). The molecule has 1 aromatic rings. The summed E-state index contributed by atoms with van der Waals surface area (Å²) in [5.41, 5.74) is 0.0901. The molecule has 0 spiro atoms. The number of hydrogen-bond donors (Lipinski definition) is 1. The molecule has 1 fully saturated rings. The monoisotopic (exact) mass is 293 g/mol. The Morgan fingerprint density at radius 2 is 1.90 bits per heavy atom. The quantitative estimate of drug-likeness (QED) is 0.903. The number of benzene rings is 1. The van der Waals surface area contributed by atoms with Crippen molar-refractivity contribution >= 4 is 5.91 Å². The molecule has 0 aliphatic carbocycles. The van der Waals surface area contributed by atoms with Crippen molar-refractivity contribution in [1.29, 1.82) is 0 Å². The molecule has 1 unspecified atom stereocenters. The lowest BCUT2D eigenvalue weighted by Gasteiger charge is -2.36. The number of rotatable bonds is 5. The molecule has 1 N–H and O–H groups in total. The van der Waals surface area contributed by atoms with Gasteiger partial charge in [0.2, 0.25) is 0 Å². The molecule has 5 nitrogen and oxygen atoms in total. The van der Waals surface area contributed by atoms with Crippen molar-refractivity contribution in [2.45, 2.75) is 31.7 Å². The zero-order valence-electron chi connectivity index (χ0n) is 12.9. The van der Waals surface area contributed by atoms with E-state index < -0.39 is 5.54 Å². The largest absolute Gasteiger partial charge is 0.497 e. The fraction of sp³-hybridized carbons (Fsp3) is 0.562. The molecular weight excluding hydrogens is 270 g/mol. The van der Waals surface area contributed by atoms with E-state index in [1.165, 1.54) is 0 Å². The van der Waals surface area contributed by atoms with Gasteiger partial charge in [-0.05, 0) is 31.4 Å². The maximum atomic E-state index is 12.8. The molecule has 116 valence electrons. The topological polar surface area (TPSA) is 59.0 Å². The Morgan fingerprint density at radius 1 is 1.29 bits per heavy atom. The second kappa shape index (κ2) is 6.35. The first-order chi connectivity index (χ1) is 10.1. The average Bonchev–Trinajstić information content (AvgIpc) is 2.97. The molecular formula is C16H23NO4. The van der Waals surface area contributed by atoms with Gasteiger partial charge in [0.1, 0.15) is 11.5 Å². The molecule has 1 aliphatic rings. The third-order valence-electron chi connectivity index (χ3n) is 4.39.